The van der Waals surface area contributed by atoms with Crippen LogP contribution in [0.2, 0.25) is 0 Å². The highest BCUT2D eigenvalue weighted by molar-refractivity contribution is 5.91. The zero-order valence-corrected chi connectivity index (χ0v) is 15.2. The summed E-state index contributed by atoms with van der Waals surface area (Å²) >= 11 is 0. The number of hydrogen-bond acceptors (Lipinski definition) is 5. The van der Waals surface area contributed by atoms with Gasteiger partial charge in [0.25, 0.3) is 0 Å². The Morgan fingerprint density at radius 3 is 2.59 bits per heavy atom. The van der Waals surface area contributed by atoms with Crippen LogP contribution in [0.25, 0.3) is 11.3 Å². The molecule has 8 heteroatoms. The van der Waals surface area contributed by atoms with Crippen molar-refractivity contribution in [3.63, 3.8) is 0 Å². The number of aromatic nitrogens is 1. The van der Waals surface area contributed by atoms with E-state index in [4.69, 9.17) is 14.0 Å². The molecule has 2 aliphatic rings. The quantitative estimate of drug-likeness (QED) is 0.710. The Labute approximate surface area is 164 Å². The number of carbonyl (C=O) groups is 1. The number of amides is 1. The van der Waals surface area contributed by atoms with Gasteiger partial charge in [-0.15, -0.1) is 0 Å². The fourth-order valence-electron chi connectivity index (χ4n) is 3.45. The summed E-state index contributed by atoms with van der Waals surface area (Å²) < 4.78 is 43.7. The van der Waals surface area contributed by atoms with Gasteiger partial charge in [-0.25, -0.2) is 8.78 Å². The predicted octanol–water partition coefficient (Wildman–Crippen LogP) is 3.70. The van der Waals surface area contributed by atoms with Crippen molar-refractivity contribution >= 4 is 5.91 Å². The second-order valence-corrected chi connectivity index (χ2v) is 7.11. The van der Waals surface area contributed by atoms with Crippen LogP contribution >= 0.6 is 0 Å². The highest BCUT2D eigenvalue weighted by atomic mass is 19.1. The molecule has 0 bridgehead atoms. The number of fused-ring (bicyclic) bond motifs is 1. The SMILES string of the molecule is O=C(NCc1c(F)cccc1F)C1(c2cc(-c3ccc4c(c3)OCO4)on2)CC1. The van der Waals surface area contributed by atoms with Crippen LogP contribution < -0.4 is 14.8 Å². The molecule has 0 atom stereocenters. The molecule has 1 aromatic heterocycles. The molecule has 6 nitrogen and oxygen atoms in total. The van der Waals surface area contributed by atoms with E-state index >= 15 is 0 Å². The van der Waals surface area contributed by atoms with Gasteiger partial charge in [-0.2, -0.15) is 0 Å². The maximum Gasteiger partial charge on any atom is 0.232 e. The number of rotatable bonds is 5. The summed E-state index contributed by atoms with van der Waals surface area (Å²) in [5, 5.41) is 6.70. The summed E-state index contributed by atoms with van der Waals surface area (Å²) in [4.78, 5) is 12.7. The molecule has 1 fully saturated rings. The van der Waals surface area contributed by atoms with E-state index in [0.29, 0.717) is 35.8 Å². The Kier molecular flexibility index (Phi) is 4.01. The van der Waals surface area contributed by atoms with Gasteiger partial charge in [0.2, 0.25) is 12.7 Å². The van der Waals surface area contributed by atoms with Crippen molar-refractivity contribution in [2.24, 2.45) is 0 Å². The third-order valence-corrected chi connectivity index (χ3v) is 5.33. The third kappa shape index (κ3) is 3.00. The largest absolute Gasteiger partial charge is 0.454 e. The minimum atomic E-state index is -0.834. The third-order valence-electron chi connectivity index (χ3n) is 5.33. The molecule has 1 aliphatic heterocycles. The van der Waals surface area contributed by atoms with E-state index in [-0.39, 0.29) is 24.8 Å². The number of hydrogen-bond donors (Lipinski definition) is 1. The number of carbonyl (C=O) groups excluding carboxylic acids is 1. The average molecular weight is 398 g/mol. The molecular formula is C21H16F2N2O4. The number of nitrogens with zero attached hydrogens (tertiary/aromatic N) is 1. The number of nitrogens with one attached hydrogen (secondary N) is 1. The van der Waals surface area contributed by atoms with Crippen molar-refractivity contribution in [3.8, 4) is 22.8 Å². The van der Waals surface area contributed by atoms with Crippen LogP contribution in [-0.2, 0) is 16.8 Å². The lowest BCUT2D eigenvalue weighted by Gasteiger charge is -2.13. The van der Waals surface area contributed by atoms with Crippen molar-refractivity contribution in [3.05, 3.63) is 65.4 Å². The second-order valence-electron chi connectivity index (χ2n) is 7.11. The monoisotopic (exact) mass is 398 g/mol. The molecule has 0 radical (unpaired) electrons. The van der Waals surface area contributed by atoms with Gasteiger partial charge in [-0.05, 0) is 43.2 Å². The van der Waals surface area contributed by atoms with Crippen LogP contribution in [0.1, 0.15) is 24.1 Å². The van der Waals surface area contributed by atoms with Gasteiger partial charge in [0.1, 0.15) is 11.6 Å². The lowest BCUT2D eigenvalue weighted by Crippen LogP contribution is -2.35. The topological polar surface area (TPSA) is 73.6 Å². The zero-order valence-electron chi connectivity index (χ0n) is 15.2. The van der Waals surface area contributed by atoms with Gasteiger partial charge in [0.05, 0.1) is 11.1 Å². The molecule has 148 valence electrons. The van der Waals surface area contributed by atoms with E-state index < -0.39 is 17.0 Å². The van der Waals surface area contributed by atoms with Crippen molar-refractivity contribution in [2.75, 3.05) is 6.79 Å². The molecule has 1 amide bonds. The van der Waals surface area contributed by atoms with E-state index in [1.807, 2.05) is 6.07 Å². The molecule has 1 aliphatic carbocycles. The Morgan fingerprint density at radius 2 is 1.83 bits per heavy atom. The molecular weight excluding hydrogens is 382 g/mol. The molecule has 2 heterocycles. The van der Waals surface area contributed by atoms with Gasteiger partial charge >= 0.3 is 0 Å². The van der Waals surface area contributed by atoms with Crippen LogP contribution in [0.4, 0.5) is 8.78 Å². The number of ether oxygens (including phenoxy) is 2. The fraction of sp³-hybridized carbons (Fsp3) is 0.238. The van der Waals surface area contributed by atoms with Crippen molar-refractivity contribution < 1.29 is 27.6 Å². The summed E-state index contributed by atoms with van der Waals surface area (Å²) in [5.74, 6) is 0.0599. The minimum absolute atomic E-state index is 0.169. The normalized spacial score (nSPS) is 15.9. The van der Waals surface area contributed by atoms with E-state index in [2.05, 4.69) is 10.5 Å². The first-order valence-electron chi connectivity index (χ1n) is 9.15. The summed E-state index contributed by atoms with van der Waals surface area (Å²) in [7, 11) is 0. The molecule has 1 saturated carbocycles. The lowest BCUT2D eigenvalue weighted by atomic mass is 10.00. The van der Waals surface area contributed by atoms with Crippen LogP contribution in [-0.4, -0.2) is 17.9 Å². The maximum atomic E-state index is 13.8. The Balaban J connectivity index is 1.34. The molecule has 0 saturated heterocycles. The van der Waals surface area contributed by atoms with E-state index in [1.54, 1.807) is 18.2 Å². The zero-order chi connectivity index (χ0) is 20.0. The number of halogens is 2. The summed E-state index contributed by atoms with van der Waals surface area (Å²) in [6.45, 7) is -0.0573. The summed E-state index contributed by atoms with van der Waals surface area (Å²) in [6, 6.07) is 10.7. The van der Waals surface area contributed by atoms with Crippen molar-refractivity contribution in [2.45, 2.75) is 24.8 Å². The minimum Gasteiger partial charge on any atom is -0.454 e. The summed E-state index contributed by atoms with van der Waals surface area (Å²) in [5.41, 5.74) is 0.243. The molecule has 0 unspecified atom stereocenters. The maximum absolute atomic E-state index is 13.8. The smallest absolute Gasteiger partial charge is 0.232 e. The van der Waals surface area contributed by atoms with Gasteiger partial charge < -0.3 is 19.3 Å². The molecule has 29 heavy (non-hydrogen) atoms. The first-order chi connectivity index (χ1) is 14.1. The van der Waals surface area contributed by atoms with E-state index in [0.717, 1.165) is 17.7 Å². The van der Waals surface area contributed by atoms with Gasteiger partial charge in [-0.3, -0.25) is 4.79 Å². The Bertz CT molecular complexity index is 1090. The van der Waals surface area contributed by atoms with Crippen molar-refractivity contribution in [1.82, 2.24) is 10.5 Å². The molecule has 0 spiro atoms. The van der Waals surface area contributed by atoms with Crippen LogP contribution in [0.15, 0.2) is 47.0 Å². The standard InChI is InChI=1S/C21H16F2N2O4/c22-14-2-1-3-15(23)13(14)10-24-20(26)21(6-7-21)19-9-17(29-25-19)12-4-5-16-18(8-12)28-11-27-16/h1-5,8-9H,6-7,10-11H2,(H,24,26). The fourth-order valence-corrected chi connectivity index (χ4v) is 3.45. The van der Waals surface area contributed by atoms with Crippen LogP contribution in [0.3, 0.4) is 0 Å². The first kappa shape index (κ1) is 17.7. The first-order valence-corrected chi connectivity index (χ1v) is 9.15. The molecule has 1 N–H and O–H groups in total. The van der Waals surface area contributed by atoms with Crippen LogP contribution in [0.5, 0.6) is 11.5 Å². The second kappa shape index (κ2) is 6.58. The predicted molar refractivity (Wildman–Crippen MR) is 97.2 cm³/mol. The van der Waals surface area contributed by atoms with Gasteiger partial charge in [0.15, 0.2) is 17.3 Å². The van der Waals surface area contributed by atoms with E-state index in [9.17, 15) is 13.6 Å². The highest BCUT2D eigenvalue weighted by Gasteiger charge is 2.53. The lowest BCUT2D eigenvalue weighted by molar-refractivity contribution is -0.123. The molecule has 2 aromatic carbocycles. The van der Waals surface area contributed by atoms with Crippen molar-refractivity contribution in [1.29, 1.82) is 0 Å². The molecule has 3 aromatic rings. The average Bonchev–Trinajstić information content (AvgIpc) is 3.15. The summed E-state index contributed by atoms with van der Waals surface area (Å²) in [6.07, 6.45) is 1.18. The number of benzene rings is 2. The Morgan fingerprint density at radius 1 is 1.07 bits per heavy atom. The van der Waals surface area contributed by atoms with Crippen LogP contribution in [0, 0.1) is 11.6 Å². The van der Waals surface area contributed by atoms with Gasteiger partial charge in [-0.1, -0.05) is 11.2 Å². The Hall–Kier alpha value is -3.42. The highest BCUT2D eigenvalue weighted by Crippen LogP contribution is 2.49. The van der Waals surface area contributed by atoms with E-state index in [1.165, 1.54) is 6.07 Å². The van der Waals surface area contributed by atoms with Gasteiger partial charge in [0, 0.05) is 23.7 Å². The molecule has 5 rings (SSSR count).